The summed E-state index contributed by atoms with van der Waals surface area (Å²) in [7, 11) is 0. The van der Waals surface area contributed by atoms with Crippen molar-refractivity contribution < 1.29 is 14.3 Å². The van der Waals surface area contributed by atoms with Crippen LogP contribution in [-0.4, -0.2) is 25.2 Å². The van der Waals surface area contributed by atoms with Crippen LogP contribution in [0.4, 0.5) is 0 Å². The minimum absolute atomic E-state index is 0.180. The molecule has 0 radical (unpaired) electrons. The Balaban J connectivity index is 1.72. The molecule has 1 amide bonds. The van der Waals surface area contributed by atoms with E-state index in [1.54, 1.807) is 13.0 Å². The Morgan fingerprint density at radius 1 is 1.12 bits per heavy atom. The highest BCUT2D eigenvalue weighted by molar-refractivity contribution is 6.31. The highest BCUT2D eigenvalue weighted by Crippen LogP contribution is 2.21. The van der Waals surface area contributed by atoms with E-state index in [1.807, 2.05) is 50.2 Å². The summed E-state index contributed by atoms with van der Waals surface area (Å²) in [6, 6.07) is 13.1. The molecule has 128 valence electrons. The predicted octanol–water partition coefficient (Wildman–Crippen LogP) is 3.92. The number of hydrogen-bond acceptors (Lipinski definition) is 3. The largest absolute Gasteiger partial charge is 0.492 e. The standard InChI is InChI=1S/C19H22ClNO3/c1-13-4-7-16(8-5-13)24-15(3)19(22)21-10-11-23-17-9-6-14(2)18(20)12-17/h4-9,12,15H,10-11H2,1-3H3,(H,21,22)/t15-/m0/s1. The molecule has 5 heteroatoms. The summed E-state index contributed by atoms with van der Waals surface area (Å²) in [5, 5.41) is 3.45. The van der Waals surface area contributed by atoms with Crippen molar-refractivity contribution in [2.45, 2.75) is 26.9 Å². The zero-order chi connectivity index (χ0) is 17.5. The highest BCUT2D eigenvalue weighted by Gasteiger charge is 2.13. The Labute approximate surface area is 147 Å². The van der Waals surface area contributed by atoms with Crippen LogP contribution in [0.1, 0.15) is 18.1 Å². The Bertz CT molecular complexity index is 686. The first-order valence-corrected chi connectivity index (χ1v) is 8.23. The van der Waals surface area contributed by atoms with Gasteiger partial charge in [0.05, 0.1) is 6.54 Å². The second-order valence-electron chi connectivity index (χ2n) is 5.62. The molecule has 2 aromatic rings. The van der Waals surface area contributed by atoms with Gasteiger partial charge in [-0.1, -0.05) is 35.4 Å². The van der Waals surface area contributed by atoms with Gasteiger partial charge in [-0.25, -0.2) is 0 Å². The molecule has 0 saturated carbocycles. The lowest BCUT2D eigenvalue weighted by Gasteiger charge is -2.15. The van der Waals surface area contributed by atoms with Crippen LogP contribution in [0.5, 0.6) is 11.5 Å². The third-order valence-corrected chi connectivity index (χ3v) is 3.92. The first-order chi connectivity index (χ1) is 11.5. The topological polar surface area (TPSA) is 47.6 Å². The molecule has 0 spiro atoms. The zero-order valence-corrected chi connectivity index (χ0v) is 14.9. The minimum atomic E-state index is -0.568. The van der Waals surface area contributed by atoms with Crippen molar-refractivity contribution in [2.24, 2.45) is 0 Å². The van der Waals surface area contributed by atoms with Crippen molar-refractivity contribution in [1.29, 1.82) is 0 Å². The van der Waals surface area contributed by atoms with Gasteiger partial charge in [-0.15, -0.1) is 0 Å². The zero-order valence-electron chi connectivity index (χ0n) is 14.1. The molecule has 1 N–H and O–H groups in total. The van der Waals surface area contributed by atoms with Gasteiger partial charge in [0.2, 0.25) is 0 Å². The molecule has 2 aromatic carbocycles. The van der Waals surface area contributed by atoms with Crippen molar-refractivity contribution in [1.82, 2.24) is 5.32 Å². The summed E-state index contributed by atoms with van der Waals surface area (Å²) in [5.74, 6) is 1.18. The Kier molecular flexibility index (Phi) is 6.50. The number of aryl methyl sites for hydroxylation is 2. The molecule has 1 atom stereocenters. The van der Waals surface area contributed by atoms with Crippen LogP contribution in [-0.2, 0) is 4.79 Å². The summed E-state index contributed by atoms with van der Waals surface area (Å²) in [6.45, 7) is 6.41. The fraction of sp³-hybridized carbons (Fsp3) is 0.316. The lowest BCUT2D eigenvalue weighted by molar-refractivity contribution is -0.127. The normalized spacial score (nSPS) is 11.7. The molecule has 0 unspecified atom stereocenters. The molecule has 0 aliphatic rings. The maximum absolute atomic E-state index is 12.0. The van der Waals surface area contributed by atoms with Crippen LogP contribution in [0.25, 0.3) is 0 Å². The van der Waals surface area contributed by atoms with Crippen LogP contribution in [0.3, 0.4) is 0 Å². The summed E-state index contributed by atoms with van der Waals surface area (Å²) in [6.07, 6.45) is -0.568. The van der Waals surface area contributed by atoms with Gasteiger partial charge in [-0.3, -0.25) is 4.79 Å². The SMILES string of the molecule is Cc1ccc(O[C@@H](C)C(=O)NCCOc2ccc(C)c(Cl)c2)cc1. The summed E-state index contributed by atoms with van der Waals surface area (Å²) in [4.78, 5) is 12.0. The second-order valence-corrected chi connectivity index (χ2v) is 6.03. The average molecular weight is 348 g/mol. The van der Waals surface area contributed by atoms with Crippen LogP contribution < -0.4 is 14.8 Å². The number of amides is 1. The first kappa shape index (κ1) is 18.1. The lowest BCUT2D eigenvalue weighted by Crippen LogP contribution is -2.38. The van der Waals surface area contributed by atoms with Crippen molar-refractivity contribution in [2.75, 3.05) is 13.2 Å². The molecule has 0 fully saturated rings. The lowest BCUT2D eigenvalue weighted by atomic mass is 10.2. The molecule has 0 aromatic heterocycles. The third kappa shape index (κ3) is 5.46. The second kappa shape index (κ2) is 8.60. The number of rotatable bonds is 7. The molecule has 4 nitrogen and oxygen atoms in total. The third-order valence-electron chi connectivity index (χ3n) is 3.52. The van der Waals surface area contributed by atoms with Gasteiger partial charge in [0.1, 0.15) is 18.1 Å². The number of nitrogens with one attached hydrogen (secondary N) is 1. The molecular weight excluding hydrogens is 326 g/mol. The highest BCUT2D eigenvalue weighted by atomic mass is 35.5. The molecule has 0 bridgehead atoms. The Morgan fingerprint density at radius 2 is 1.79 bits per heavy atom. The number of carbonyl (C=O) groups is 1. The van der Waals surface area contributed by atoms with Gasteiger partial charge in [0.25, 0.3) is 5.91 Å². The van der Waals surface area contributed by atoms with Gasteiger partial charge >= 0.3 is 0 Å². The molecule has 2 rings (SSSR count). The van der Waals surface area contributed by atoms with Gasteiger partial charge in [0, 0.05) is 5.02 Å². The molecular formula is C19H22ClNO3. The van der Waals surface area contributed by atoms with E-state index in [9.17, 15) is 4.79 Å². The molecule has 24 heavy (non-hydrogen) atoms. The summed E-state index contributed by atoms with van der Waals surface area (Å²) >= 11 is 6.04. The molecule has 0 aliphatic heterocycles. The average Bonchev–Trinajstić information content (AvgIpc) is 2.56. The van der Waals surface area contributed by atoms with E-state index >= 15 is 0 Å². The molecule has 0 aliphatic carbocycles. The van der Waals surface area contributed by atoms with E-state index in [1.165, 1.54) is 0 Å². The fourth-order valence-electron chi connectivity index (χ4n) is 2.02. The van der Waals surface area contributed by atoms with E-state index in [-0.39, 0.29) is 5.91 Å². The van der Waals surface area contributed by atoms with Gasteiger partial charge in [0.15, 0.2) is 6.10 Å². The fourth-order valence-corrected chi connectivity index (χ4v) is 2.20. The van der Waals surface area contributed by atoms with Gasteiger partial charge < -0.3 is 14.8 Å². The molecule has 0 saturated heterocycles. The predicted molar refractivity (Wildman–Crippen MR) is 96.0 cm³/mol. The van der Waals surface area contributed by atoms with E-state index in [0.29, 0.717) is 29.7 Å². The van der Waals surface area contributed by atoms with E-state index in [2.05, 4.69) is 5.32 Å². The smallest absolute Gasteiger partial charge is 0.260 e. The summed E-state index contributed by atoms with van der Waals surface area (Å²) < 4.78 is 11.2. The van der Waals surface area contributed by atoms with E-state index in [4.69, 9.17) is 21.1 Å². The van der Waals surface area contributed by atoms with Crippen molar-refractivity contribution >= 4 is 17.5 Å². The summed E-state index contributed by atoms with van der Waals surface area (Å²) in [5.41, 5.74) is 2.15. The maximum Gasteiger partial charge on any atom is 0.260 e. The monoisotopic (exact) mass is 347 g/mol. The Morgan fingerprint density at radius 3 is 2.46 bits per heavy atom. The Hall–Kier alpha value is -2.20. The first-order valence-electron chi connectivity index (χ1n) is 7.85. The number of benzene rings is 2. The maximum atomic E-state index is 12.0. The van der Waals surface area contributed by atoms with Gasteiger partial charge in [-0.05, 0) is 50.6 Å². The number of ether oxygens (including phenoxy) is 2. The minimum Gasteiger partial charge on any atom is -0.492 e. The number of halogens is 1. The molecule has 0 heterocycles. The van der Waals surface area contributed by atoms with Gasteiger partial charge in [-0.2, -0.15) is 0 Å². The van der Waals surface area contributed by atoms with E-state index < -0.39 is 6.10 Å². The van der Waals surface area contributed by atoms with Crippen LogP contribution >= 0.6 is 11.6 Å². The van der Waals surface area contributed by atoms with Crippen LogP contribution in [0.2, 0.25) is 5.02 Å². The van der Waals surface area contributed by atoms with Crippen LogP contribution in [0, 0.1) is 13.8 Å². The quantitative estimate of drug-likeness (QED) is 0.772. The van der Waals surface area contributed by atoms with Crippen LogP contribution in [0.15, 0.2) is 42.5 Å². The van der Waals surface area contributed by atoms with Crippen molar-refractivity contribution in [3.05, 3.63) is 58.6 Å². The van der Waals surface area contributed by atoms with E-state index in [0.717, 1.165) is 11.1 Å². The number of hydrogen-bond donors (Lipinski definition) is 1. The van der Waals surface area contributed by atoms with Crippen molar-refractivity contribution in [3.63, 3.8) is 0 Å². The number of carbonyl (C=O) groups excluding carboxylic acids is 1. The van der Waals surface area contributed by atoms with Crippen molar-refractivity contribution in [3.8, 4) is 11.5 Å².